The van der Waals surface area contributed by atoms with E-state index >= 15 is 0 Å². The number of hydrogen-bond acceptors (Lipinski definition) is 4. The zero-order chi connectivity index (χ0) is 21.7. The summed E-state index contributed by atoms with van der Waals surface area (Å²) in [6.07, 6.45) is 4.01. The van der Waals surface area contributed by atoms with Gasteiger partial charge in [0.1, 0.15) is 6.61 Å². The van der Waals surface area contributed by atoms with Gasteiger partial charge in [0, 0.05) is 56.3 Å². The van der Waals surface area contributed by atoms with Crippen LogP contribution in [0.5, 0.6) is 0 Å². The predicted molar refractivity (Wildman–Crippen MR) is 119 cm³/mol. The number of carbonyl (C=O) groups is 2. The van der Waals surface area contributed by atoms with Crippen LogP contribution < -0.4 is 0 Å². The number of hydrogen-bond donors (Lipinski definition) is 0. The van der Waals surface area contributed by atoms with Crippen LogP contribution in [0.15, 0.2) is 36.9 Å². The van der Waals surface area contributed by atoms with Crippen molar-refractivity contribution >= 4 is 23.6 Å². The van der Waals surface area contributed by atoms with Crippen LogP contribution in [-0.4, -0.2) is 77.6 Å². The highest BCUT2D eigenvalue weighted by molar-refractivity contribution is 6.30. The molecule has 0 spiro atoms. The van der Waals surface area contributed by atoms with Crippen molar-refractivity contribution in [2.45, 2.75) is 51.2 Å². The average molecular weight is 434 g/mol. The summed E-state index contributed by atoms with van der Waals surface area (Å²) in [5, 5.41) is 0.731. The molecular weight excluding hydrogens is 402 g/mol. The van der Waals surface area contributed by atoms with Crippen LogP contribution in [-0.2, 0) is 16.0 Å². The molecule has 0 unspecified atom stereocenters. The fourth-order valence-corrected chi connectivity index (χ4v) is 4.75. The molecule has 1 aromatic carbocycles. The Bertz CT molecular complexity index is 747. The molecule has 164 valence electrons. The predicted octanol–water partition coefficient (Wildman–Crippen LogP) is 3.59. The lowest BCUT2D eigenvalue weighted by molar-refractivity contribution is -0.136. The van der Waals surface area contributed by atoms with Gasteiger partial charge in [0.2, 0.25) is 5.91 Å². The Kier molecular flexibility index (Phi) is 7.78. The van der Waals surface area contributed by atoms with Gasteiger partial charge in [-0.05, 0) is 43.9 Å². The fourth-order valence-electron chi connectivity index (χ4n) is 4.63. The number of ether oxygens (including phenoxy) is 1. The number of carbonyl (C=O) groups excluding carboxylic acids is 2. The lowest BCUT2D eigenvalue weighted by Gasteiger charge is -2.50. The first-order valence-electron chi connectivity index (χ1n) is 10.7. The minimum Gasteiger partial charge on any atom is -0.445 e. The minimum absolute atomic E-state index is 0.128. The van der Waals surface area contributed by atoms with E-state index in [2.05, 4.69) is 30.5 Å². The van der Waals surface area contributed by atoms with Gasteiger partial charge in [0.25, 0.3) is 0 Å². The van der Waals surface area contributed by atoms with Gasteiger partial charge in [-0.1, -0.05) is 36.4 Å². The molecule has 0 saturated carbocycles. The van der Waals surface area contributed by atoms with Crippen molar-refractivity contribution in [2.75, 3.05) is 32.8 Å². The van der Waals surface area contributed by atoms with Crippen LogP contribution in [0.25, 0.3) is 0 Å². The van der Waals surface area contributed by atoms with Crippen LogP contribution in [0.3, 0.4) is 0 Å². The van der Waals surface area contributed by atoms with Crippen molar-refractivity contribution in [3.63, 3.8) is 0 Å². The second-order valence-corrected chi connectivity index (χ2v) is 8.72. The molecule has 30 heavy (non-hydrogen) atoms. The van der Waals surface area contributed by atoms with Crippen molar-refractivity contribution in [3.05, 3.63) is 47.5 Å². The molecule has 1 aromatic rings. The molecular formula is C23H32ClN3O3. The number of piperazine rings is 1. The molecule has 3 rings (SSSR count). The lowest BCUT2D eigenvalue weighted by atomic mass is 9.94. The third-order valence-electron chi connectivity index (χ3n) is 6.19. The average Bonchev–Trinajstić information content (AvgIpc) is 2.74. The second-order valence-electron chi connectivity index (χ2n) is 8.29. The van der Waals surface area contributed by atoms with E-state index in [1.807, 2.05) is 17.0 Å². The molecule has 0 bridgehead atoms. The molecule has 6 nitrogen and oxygen atoms in total. The van der Waals surface area contributed by atoms with Gasteiger partial charge in [-0.25, -0.2) is 4.79 Å². The largest absolute Gasteiger partial charge is 0.445 e. The van der Waals surface area contributed by atoms with E-state index in [-0.39, 0.29) is 30.7 Å². The van der Waals surface area contributed by atoms with Crippen LogP contribution in [0.4, 0.5) is 4.79 Å². The Morgan fingerprint density at radius 1 is 1.20 bits per heavy atom. The maximum absolute atomic E-state index is 12.2. The second kappa shape index (κ2) is 10.3. The van der Waals surface area contributed by atoms with Gasteiger partial charge in [-0.15, -0.1) is 0 Å². The van der Waals surface area contributed by atoms with Crippen molar-refractivity contribution in [3.8, 4) is 0 Å². The van der Waals surface area contributed by atoms with Gasteiger partial charge in [-0.3, -0.25) is 9.69 Å². The number of benzene rings is 1. The molecule has 2 atom stereocenters. The van der Waals surface area contributed by atoms with Crippen molar-refractivity contribution in [1.29, 1.82) is 0 Å². The summed E-state index contributed by atoms with van der Waals surface area (Å²) >= 11 is 6.05. The molecule has 7 heteroatoms. The first-order valence-corrected chi connectivity index (χ1v) is 11.1. The van der Waals surface area contributed by atoms with Crippen molar-refractivity contribution in [1.82, 2.24) is 14.7 Å². The summed E-state index contributed by atoms with van der Waals surface area (Å²) in [5.74, 6) is 0.128. The van der Waals surface area contributed by atoms with Crippen LogP contribution in [0.1, 0.15) is 32.3 Å². The molecule has 2 amide bonds. The molecule has 2 aliphatic heterocycles. The monoisotopic (exact) mass is 433 g/mol. The van der Waals surface area contributed by atoms with E-state index in [0.29, 0.717) is 19.1 Å². The summed E-state index contributed by atoms with van der Waals surface area (Å²) in [4.78, 5) is 30.6. The zero-order valence-corrected chi connectivity index (χ0v) is 18.7. The first kappa shape index (κ1) is 22.6. The Morgan fingerprint density at radius 2 is 1.87 bits per heavy atom. The van der Waals surface area contributed by atoms with Gasteiger partial charge < -0.3 is 14.5 Å². The number of amides is 2. The summed E-state index contributed by atoms with van der Waals surface area (Å²) in [5.41, 5.74) is 1.22. The molecule has 2 aliphatic rings. The Hall–Kier alpha value is -2.05. The van der Waals surface area contributed by atoms with Gasteiger partial charge in [-0.2, -0.15) is 0 Å². The fraction of sp³-hybridized carbons (Fsp3) is 0.565. The summed E-state index contributed by atoms with van der Waals surface area (Å²) < 4.78 is 5.18. The molecule has 2 saturated heterocycles. The Balaban J connectivity index is 1.68. The third kappa shape index (κ3) is 5.55. The Morgan fingerprint density at radius 3 is 2.47 bits per heavy atom. The van der Waals surface area contributed by atoms with Crippen LogP contribution in [0, 0.1) is 0 Å². The minimum atomic E-state index is -0.263. The molecule has 0 aromatic heterocycles. The molecule has 2 fully saturated rings. The number of likely N-dealkylation sites (tertiary alicyclic amines) is 1. The maximum atomic E-state index is 12.2. The molecule has 0 aliphatic carbocycles. The van der Waals surface area contributed by atoms with Crippen LogP contribution >= 0.6 is 11.6 Å². The van der Waals surface area contributed by atoms with E-state index in [9.17, 15) is 9.59 Å². The number of halogens is 1. The maximum Gasteiger partial charge on any atom is 0.410 e. The summed E-state index contributed by atoms with van der Waals surface area (Å²) in [6.45, 7) is 10.6. The highest BCUT2D eigenvalue weighted by Gasteiger charge is 2.38. The third-order valence-corrected chi connectivity index (χ3v) is 6.44. The SMILES string of the molecule is C=CCOC(=O)N1CCC(N2C[C@H](C)N(C(C)=O)C[C@@H]2Cc2ccc(Cl)cc2)CC1. The van der Waals surface area contributed by atoms with Crippen molar-refractivity contribution < 1.29 is 14.3 Å². The summed E-state index contributed by atoms with van der Waals surface area (Å²) in [7, 11) is 0. The topological polar surface area (TPSA) is 53.1 Å². The van der Waals surface area contributed by atoms with Crippen molar-refractivity contribution in [2.24, 2.45) is 0 Å². The van der Waals surface area contributed by atoms with Gasteiger partial charge in [0.15, 0.2) is 0 Å². The quantitative estimate of drug-likeness (QED) is 0.666. The molecule has 2 heterocycles. The van der Waals surface area contributed by atoms with Gasteiger partial charge in [0.05, 0.1) is 0 Å². The number of nitrogens with zero attached hydrogens (tertiary/aromatic N) is 3. The molecule has 0 radical (unpaired) electrons. The smallest absolute Gasteiger partial charge is 0.410 e. The van der Waals surface area contributed by atoms with E-state index in [1.165, 1.54) is 5.56 Å². The van der Waals surface area contributed by atoms with E-state index in [4.69, 9.17) is 16.3 Å². The standard InChI is InChI=1S/C23H32ClN3O3/c1-4-13-30-23(29)25-11-9-21(10-12-25)27-15-17(2)26(18(3)28)16-22(27)14-19-5-7-20(24)8-6-19/h4-8,17,21-22H,1,9-16H2,2-3H3/t17-,22-/m0/s1. The van der Waals surface area contributed by atoms with Crippen LogP contribution in [0.2, 0.25) is 5.02 Å². The van der Waals surface area contributed by atoms with E-state index in [1.54, 1.807) is 17.9 Å². The van der Waals surface area contributed by atoms with Gasteiger partial charge >= 0.3 is 6.09 Å². The summed E-state index contributed by atoms with van der Waals surface area (Å²) in [6, 6.07) is 8.78. The zero-order valence-electron chi connectivity index (χ0n) is 17.9. The number of piperidine rings is 1. The number of rotatable bonds is 5. The normalized spacial score (nSPS) is 23.3. The molecule has 0 N–H and O–H groups in total. The first-order chi connectivity index (χ1) is 14.4. The highest BCUT2D eigenvalue weighted by Crippen LogP contribution is 2.27. The Labute approximate surface area is 184 Å². The van der Waals surface area contributed by atoms with E-state index in [0.717, 1.165) is 37.4 Å². The highest BCUT2D eigenvalue weighted by atomic mass is 35.5. The lowest BCUT2D eigenvalue weighted by Crippen LogP contribution is -2.63. The van der Waals surface area contributed by atoms with E-state index < -0.39 is 0 Å².